The minimum absolute atomic E-state index is 0.00116. The Bertz CT molecular complexity index is 1270. The number of ether oxygens (including phenoxy) is 2. The molecule has 0 spiro atoms. The second kappa shape index (κ2) is 11.8. The van der Waals surface area contributed by atoms with E-state index in [-0.39, 0.29) is 28.9 Å². The quantitative estimate of drug-likeness (QED) is 0.286. The van der Waals surface area contributed by atoms with Crippen molar-refractivity contribution < 1.29 is 32.6 Å². The highest BCUT2D eigenvalue weighted by Crippen LogP contribution is 2.34. The number of carbonyl (C=O) groups is 1. The zero-order chi connectivity index (χ0) is 28.4. The van der Waals surface area contributed by atoms with Gasteiger partial charge in [0, 0.05) is 37.3 Å². The summed E-state index contributed by atoms with van der Waals surface area (Å²) in [5.41, 5.74) is -0.824. The molecule has 0 saturated carbocycles. The standard InChI is InChI=1S/C27H35F3N4O4S/c1-17(32-36)13-33-10-9-20(14-33)38-22-8-7-18(27(28,29)30)12-21(22)24(35)31-25-34(15-19-6-5-11-37-19)16-23(39-25)26(2,3)4/h7-8,12,16,19-20,36H,5-6,9-11,13-15H2,1-4H3/b31-25-,32-17?/t19-,20+/m1/s1. The molecule has 2 atom stereocenters. The number of carbonyl (C=O) groups excluding carboxylic acids is 1. The van der Waals surface area contributed by atoms with Gasteiger partial charge in [-0.1, -0.05) is 25.9 Å². The summed E-state index contributed by atoms with van der Waals surface area (Å²) in [6.45, 7) is 10.7. The topological polar surface area (TPSA) is 88.7 Å². The van der Waals surface area contributed by atoms with Crippen LogP contribution in [0, 0.1) is 0 Å². The first-order valence-electron chi connectivity index (χ1n) is 13.0. The van der Waals surface area contributed by atoms with Crippen LogP contribution in [0.15, 0.2) is 34.5 Å². The molecule has 2 saturated heterocycles. The molecule has 39 heavy (non-hydrogen) atoms. The highest BCUT2D eigenvalue weighted by atomic mass is 32.1. The lowest BCUT2D eigenvalue weighted by Gasteiger charge is -2.18. The van der Waals surface area contributed by atoms with Crippen LogP contribution in [0.5, 0.6) is 5.75 Å². The van der Waals surface area contributed by atoms with Crippen molar-refractivity contribution in [2.24, 2.45) is 10.1 Å². The van der Waals surface area contributed by atoms with Gasteiger partial charge >= 0.3 is 6.18 Å². The molecule has 2 aliphatic rings. The lowest BCUT2D eigenvalue weighted by Crippen LogP contribution is -2.29. The van der Waals surface area contributed by atoms with Crippen molar-refractivity contribution in [3.05, 3.63) is 45.2 Å². The Labute approximate surface area is 229 Å². The Kier molecular flexibility index (Phi) is 8.87. The van der Waals surface area contributed by atoms with Crippen molar-refractivity contribution in [3.63, 3.8) is 0 Å². The molecule has 214 valence electrons. The highest BCUT2D eigenvalue weighted by molar-refractivity contribution is 7.09. The Morgan fingerprint density at radius 3 is 2.67 bits per heavy atom. The molecule has 1 amide bonds. The van der Waals surface area contributed by atoms with E-state index in [9.17, 15) is 18.0 Å². The molecule has 1 aromatic carbocycles. The van der Waals surface area contributed by atoms with Gasteiger partial charge < -0.3 is 19.2 Å². The zero-order valence-electron chi connectivity index (χ0n) is 22.6. The molecule has 2 aliphatic heterocycles. The molecule has 2 aromatic rings. The van der Waals surface area contributed by atoms with Crippen molar-refractivity contribution in [2.45, 2.75) is 77.3 Å². The third kappa shape index (κ3) is 7.49. The van der Waals surface area contributed by atoms with Gasteiger partial charge in [-0.3, -0.25) is 9.69 Å². The number of alkyl halides is 3. The third-order valence-electron chi connectivity index (χ3n) is 6.76. The maximum Gasteiger partial charge on any atom is 0.416 e. The average molecular weight is 569 g/mol. The summed E-state index contributed by atoms with van der Waals surface area (Å²) in [6.07, 6.45) is -0.533. The molecular weight excluding hydrogens is 533 g/mol. The maximum atomic E-state index is 13.6. The van der Waals surface area contributed by atoms with Crippen LogP contribution in [0.25, 0.3) is 0 Å². The van der Waals surface area contributed by atoms with Gasteiger partial charge in [0.1, 0.15) is 11.9 Å². The molecule has 0 unspecified atom stereocenters. The second-order valence-corrected chi connectivity index (χ2v) is 12.1. The molecule has 0 radical (unpaired) electrons. The molecule has 0 bridgehead atoms. The molecule has 4 rings (SSSR count). The van der Waals surface area contributed by atoms with Crippen molar-refractivity contribution in [2.75, 3.05) is 26.2 Å². The number of hydrogen-bond donors (Lipinski definition) is 1. The van der Waals surface area contributed by atoms with E-state index in [0.29, 0.717) is 49.7 Å². The molecule has 1 N–H and O–H groups in total. The van der Waals surface area contributed by atoms with E-state index in [1.165, 1.54) is 17.4 Å². The molecular formula is C27H35F3N4O4S. The molecule has 0 aliphatic carbocycles. The van der Waals surface area contributed by atoms with Gasteiger partial charge in [0.2, 0.25) is 0 Å². The van der Waals surface area contributed by atoms with Crippen LogP contribution in [-0.2, 0) is 22.9 Å². The van der Waals surface area contributed by atoms with Gasteiger partial charge in [-0.25, -0.2) is 0 Å². The van der Waals surface area contributed by atoms with E-state index in [1.807, 2.05) is 15.7 Å². The van der Waals surface area contributed by atoms with Crippen molar-refractivity contribution in [3.8, 4) is 5.75 Å². The van der Waals surface area contributed by atoms with E-state index >= 15 is 0 Å². The number of likely N-dealkylation sites (tertiary alicyclic amines) is 1. The maximum absolute atomic E-state index is 13.6. The van der Waals surface area contributed by atoms with Gasteiger partial charge in [0.25, 0.3) is 5.91 Å². The number of halogens is 3. The van der Waals surface area contributed by atoms with Gasteiger partial charge in [0.15, 0.2) is 4.80 Å². The SMILES string of the molecule is CC(CN1CC[C@H](Oc2ccc(C(F)(F)F)cc2C(=O)/N=c2\sc(C(C)(C)C)cn2C[C@H]2CCCO2)C1)=NO. The molecule has 1 aromatic heterocycles. The van der Waals surface area contributed by atoms with Crippen LogP contribution in [-0.4, -0.2) is 64.7 Å². The molecule has 3 heterocycles. The highest BCUT2D eigenvalue weighted by Gasteiger charge is 2.33. The minimum Gasteiger partial charge on any atom is -0.488 e. The van der Waals surface area contributed by atoms with Gasteiger partial charge in [0.05, 0.1) is 29.5 Å². The summed E-state index contributed by atoms with van der Waals surface area (Å²) in [7, 11) is 0. The van der Waals surface area contributed by atoms with Gasteiger partial charge in [-0.05, 0) is 49.8 Å². The normalized spacial score (nSPS) is 21.6. The summed E-state index contributed by atoms with van der Waals surface area (Å²) in [5.74, 6) is -0.730. The van der Waals surface area contributed by atoms with Crippen LogP contribution in [0.3, 0.4) is 0 Å². The lowest BCUT2D eigenvalue weighted by atomic mass is 9.95. The summed E-state index contributed by atoms with van der Waals surface area (Å²) < 4.78 is 54.5. The summed E-state index contributed by atoms with van der Waals surface area (Å²) in [6, 6.07) is 2.94. The van der Waals surface area contributed by atoms with Crippen LogP contribution in [0.2, 0.25) is 0 Å². The smallest absolute Gasteiger partial charge is 0.416 e. The monoisotopic (exact) mass is 568 g/mol. The van der Waals surface area contributed by atoms with Crippen LogP contribution in [0.4, 0.5) is 13.2 Å². The number of oxime groups is 1. The van der Waals surface area contributed by atoms with E-state index in [2.05, 4.69) is 30.9 Å². The minimum atomic E-state index is -4.62. The summed E-state index contributed by atoms with van der Waals surface area (Å²) >= 11 is 1.35. The fourth-order valence-electron chi connectivity index (χ4n) is 4.65. The first-order chi connectivity index (χ1) is 18.3. The number of hydrogen-bond acceptors (Lipinski definition) is 7. The largest absolute Gasteiger partial charge is 0.488 e. The number of rotatable bonds is 7. The van der Waals surface area contributed by atoms with E-state index < -0.39 is 17.6 Å². The number of thiazole rings is 1. The first-order valence-corrected chi connectivity index (χ1v) is 13.8. The number of nitrogens with zero attached hydrogens (tertiary/aromatic N) is 4. The van der Waals surface area contributed by atoms with E-state index in [1.54, 1.807) is 6.92 Å². The molecule has 8 nitrogen and oxygen atoms in total. The molecule has 12 heteroatoms. The molecule has 2 fully saturated rings. The van der Waals surface area contributed by atoms with E-state index in [0.717, 1.165) is 29.9 Å². The fourth-order valence-corrected chi connectivity index (χ4v) is 5.70. The predicted molar refractivity (Wildman–Crippen MR) is 142 cm³/mol. The van der Waals surface area contributed by atoms with Gasteiger partial charge in [-0.2, -0.15) is 18.2 Å². The number of amides is 1. The summed E-state index contributed by atoms with van der Waals surface area (Å²) in [5, 5.41) is 12.1. The number of benzene rings is 1. The van der Waals surface area contributed by atoms with Crippen LogP contribution < -0.4 is 9.54 Å². The summed E-state index contributed by atoms with van der Waals surface area (Å²) in [4.78, 5) is 21.2. The Hall–Kier alpha value is -2.70. The van der Waals surface area contributed by atoms with Crippen LogP contribution >= 0.6 is 11.3 Å². The predicted octanol–water partition coefficient (Wildman–Crippen LogP) is 5.09. The fraction of sp³-hybridized carbons (Fsp3) is 0.593. The Balaban J connectivity index is 1.67. The Morgan fingerprint density at radius 1 is 1.26 bits per heavy atom. The van der Waals surface area contributed by atoms with Crippen molar-refractivity contribution in [1.82, 2.24) is 9.47 Å². The van der Waals surface area contributed by atoms with Crippen LogP contribution in [0.1, 0.15) is 67.8 Å². The lowest BCUT2D eigenvalue weighted by molar-refractivity contribution is -0.137. The Morgan fingerprint density at radius 2 is 2.03 bits per heavy atom. The first kappa shape index (κ1) is 29.3. The number of aromatic nitrogens is 1. The van der Waals surface area contributed by atoms with E-state index in [4.69, 9.17) is 14.7 Å². The van der Waals surface area contributed by atoms with Crippen molar-refractivity contribution >= 4 is 23.0 Å². The average Bonchev–Trinajstić information content (AvgIpc) is 3.61. The second-order valence-electron chi connectivity index (χ2n) is 11.1. The third-order valence-corrected chi connectivity index (χ3v) is 8.21. The van der Waals surface area contributed by atoms with Gasteiger partial charge in [-0.15, -0.1) is 11.3 Å². The zero-order valence-corrected chi connectivity index (χ0v) is 23.4. The van der Waals surface area contributed by atoms with Crippen molar-refractivity contribution in [1.29, 1.82) is 0 Å².